The average Bonchev–Trinajstić information content (AvgIpc) is 2.47. The lowest BCUT2D eigenvalue weighted by Crippen LogP contribution is -2.25. The molecule has 0 atom stereocenters. The van der Waals surface area contributed by atoms with Crippen molar-refractivity contribution in [3.8, 4) is 0 Å². The van der Waals surface area contributed by atoms with Crippen molar-refractivity contribution >= 4 is 12.0 Å². The highest BCUT2D eigenvalue weighted by molar-refractivity contribution is 5.97. The second kappa shape index (κ2) is 10.2. The Labute approximate surface area is 122 Å². The van der Waals surface area contributed by atoms with Gasteiger partial charge in [-0.15, -0.1) is 0 Å². The molecule has 1 aromatic rings. The van der Waals surface area contributed by atoms with Crippen molar-refractivity contribution in [3.63, 3.8) is 0 Å². The highest BCUT2D eigenvalue weighted by Crippen LogP contribution is 2.05. The monoisotopic (exact) mass is 275 g/mol. The summed E-state index contributed by atoms with van der Waals surface area (Å²) in [5.41, 5.74) is 1.77. The standard InChI is InChI=1S/C17H25NO2/c1-3-4-12-20-13-8-11-18-17(19)15(2)14-16-9-6-5-7-10-16/h5-7,9-10,14H,3-4,8,11-13H2,1-2H3,(H,18,19). The van der Waals surface area contributed by atoms with Gasteiger partial charge in [0.25, 0.3) is 0 Å². The van der Waals surface area contributed by atoms with Gasteiger partial charge in [0.1, 0.15) is 0 Å². The van der Waals surface area contributed by atoms with Gasteiger partial charge in [0, 0.05) is 25.3 Å². The van der Waals surface area contributed by atoms with Crippen molar-refractivity contribution < 1.29 is 9.53 Å². The topological polar surface area (TPSA) is 38.3 Å². The fourth-order valence-corrected chi connectivity index (χ4v) is 1.73. The van der Waals surface area contributed by atoms with Gasteiger partial charge in [-0.25, -0.2) is 0 Å². The van der Waals surface area contributed by atoms with Crippen LogP contribution in [0.1, 0.15) is 38.7 Å². The van der Waals surface area contributed by atoms with Crippen molar-refractivity contribution in [1.29, 1.82) is 0 Å². The highest BCUT2D eigenvalue weighted by atomic mass is 16.5. The van der Waals surface area contributed by atoms with Crippen LogP contribution in [0.15, 0.2) is 35.9 Å². The van der Waals surface area contributed by atoms with E-state index in [9.17, 15) is 4.79 Å². The fraction of sp³-hybridized carbons (Fsp3) is 0.471. The van der Waals surface area contributed by atoms with Gasteiger partial charge in [0.15, 0.2) is 0 Å². The van der Waals surface area contributed by atoms with E-state index in [0.717, 1.165) is 37.0 Å². The Hall–Kier alpha value is -1.61. The summed E-state index contributed by atoms with van der Waals surface area (Å²) in [4.78, 5) is 11.9. The van der Waals surface area contributed by atoms with Crippen LogP contribution < -0.4 is 5.32 Å². The summed E-state index contributed by atoms with van der Waals surface area (Å²) in [6.45, 7) is 6.16. The molecule has 0 heterocycles. The molecule has 1 N–H and O–H groups in total. The lowest BCUT2D eigenvalue weighted by Gasteiger charge is -2.06. The Balaban J connectivity index is 2.20. The molecule has 0 fully saturated rings. The molecule has 1 aromatic carbocycles. The number of amides is 1. The summed E-state index contributed by atoms with van der Waals surface area (Å²) in [5.74, 6) is -0.0117. The fourth-order valence-electron chi connectivity index (χ4n) is 1.73. The van der Waals surface area contributed by atoms with Gasteiger partial charge in [0.2, 0.25) is 5.91 Å². The molecule has 0 aromatic heterocycles. The molecule has 0 aliphatic heterocycles. The van der Waals surface area contributed by atoms with E-state index in [2.05, 4.69) is 12.2 Å². The molecule has 0 spiro atoms. The molecule has 0 aliphatic rings. The van der Waals surface area contributed by atoms with Crippen LogP contribution in [-0.4, -0.2) is 25.7 Å². The molecular weight excluding hydrogens is 250 g/mol. The summed E-state index contributed by atoms with van der Waals surface area (Å²) < 4.78 is 5.45. The third-order valence-electron chi connectivity index (χ3n) is 2.93. The minimum atomic E-state index is -0.0117. The molecular formula is C17H25NO2. The zero-order valence-electron chi connectivity index (χ0n) is 12.5. The Bertz CT molecular complexity index is 412. The number of benzene rings is 1. The molecule has 0 saturated carbocycles. The minimum absolute atomic E-state index is 0.0117. The maximum atomic E-state index is 11.9. The Kier molecular flexibility index (Phi) is 8.40. The normalized spacial score (nSPS) is 11.4. The molecule has 0 aliphatic carbocycles. The first-order chi connectivity index (χ1) is 9.74. The Morgan fingerprint density at radius 2 is 1.90 bits per heavy atom. The van der Waals surface area contributed by atoms with E-state index in [0.29, 0.717) is 13.2 Å². The predicted molar refractivity (Wildman–Crippen MR) is 83.4 cm³/mol. The van der Waals surface area contributed by atoms with E-state index in [4.69, 9.17) is 4.74 Å². The second-order valence-corrected chi connectivity index (χ2v) is 4.81. The molecule has 110 valence electrons. The number of ether oxygens (including phenoxy) is 1. The van der Waals surface area contributed by atoms with Crippen LogP contribution in [0.4, 0.5) is 0 Å². The number of hydrogen-bond donors (Lipinski definition) is 1. The first-order valence-electron chi connectivity index (χ1n) is 7.33. The molecule has 1 rings (SSSR count). The summed E-state index contributed by atoms with van der Waals surface area (Å²) in [6, 6.07) is 9.86. The smallest absolute Gasteiger partial charge is 0.246 e. The molecule has 0 radical (unpaired) electrons. The number of hydrogen-bond acceptors (Lipinski definition) is 2. The summed E-state index contributed by atoms with van der Waals surface area (Å²) in [7, 11) is 0. The lowest BCUT2D eigenvalue weighted by atomic mass is 10.1. The molecule has 0 saturated heterocycles. The predicted octanol–water partition coefficient (Wildman–Crippen LogP) is 3.41. The van der Waals surface area contributed by atoms with E-state index >= 15 is 0 Å². The van der Waals surface area contributed by atoms with Crippen LogP contribution in [0.2, 0.25) is 0 Å². The van der Waals surface area contributed by atoms with Crippen molar-refractivity contribution in [1.82, 2.24) is 5.32 Å². The quantitative estimate of drug-likeness (QED) is 0.554. The summed E-state index contributed by atoms with van der Waals surface area (Å²) in [6.07, 6.45) is 5.01. The molecule has 3 nitrogen and oxygen atoms in total. The average molecular weight is 275 g/mol. The number of nitrogens with one attached hydrogen (secondary N) is 1. The van der Waals surface area contributed by atoms with Gasteiger partial charge in [0.05, 0.1) is 0 Å². The van der Waals surface area contributed by atoms with Crippen molar-refractivity contribution in [2.75, 3.05) is 19.8 Å². The summed E-state index contributed by atoms with van der Waals surface area (Å²) in [5, 5.41) is 2.91. The van der Waals surface area contributed by atoms with Crippen LogP contribution in [0.3, 0.4) is 0 Å². The van der Waals surface area contributed by atoms with E-state index in [1.165, 1.54) is 0 Å². The third-order valence-corrected chi connectivity index (χ3v) is 2.93. The van der Waals surface area contributed by atoms with Crippen molar-refractivity contribution in [2.45, 2.75) is 33.1 Å². The van der Waals surface area contributed by atoms with Crippen LogP contribution >= 0.6 is 0 Å². The first kappa shape index (κ1) is 16.4. The Morgan fingerprint density at radius 3 is 2.60 bits per heavy atom. The number of carbonyl (C=O) groups is 1. The summed E-state index contributed by atoms with van der Waals surface area (Å²) >= 11 is 0. The van der Waals surface area contributed by atoms with Gasteiger partial charge in [-0.05, 0) is 31.4 Å². The number of rotatable bonds is 9. The van der Waals surface area contributed by atoms with E-state index < -0.39 is 0 Å². The molecule has 20 heavy (non-hydrogen) atoms. The number of carbonyl (C=O) groups excluding carboxylic acids is 1. The minimum Gasteiger partial charge on any atom is -0.381 e. The van der Waals surface area contributed by atoms with Gasteiger partial charge >= 0.3 is 0 Å². The zero-order chi connectivity index (χ0) is 14.6. The van der Waals surface area contributed by atoms with Crippen molar-refractivity contribution in [2.24, 2.45) is 0 Å². The van der Waals surface area contributed by atoms with E-state index in [1.54, 1.807) is 0 Å². The van der Waals surface area contributed by atoms with Gasteiger partial charge in [-0.1, -0.05) is 43.7 Å². The largest absolute Gasteiger partial charge is 0.381 e. The van der Waals surface area contributed by atoms with Gasteiger partial charge in [-0.2, -0.15) is 0 Å². The van der Waals surface area contributed by atoms with Gasteiger partial charge in [-0.3, -0.25) is 4.79 Å². The molecule has 3 heteroatoms. The molecule has 0 bridgehead atoms. The van der Waals surface area contributed by atoms with Crippen molar-refractivity contribution in [3.05, 3.63) is 41.5 Å². The molecule has 0 unspecified atom stereocenters. The second-order valence-electron chi connectivity index (χ2n) is 4.81. The maximum absolute atomic E-state index is 11.9. The Morgan fingerprint density at radius 1 is 1.20 bits per heavy atom. The molecule has 1 amide bonds. The van der Waals surface area contributed by atoms with Crippen LogP contribution in [0, 0.1) is 0 Å². The lowest BCUT2D eigenvalue weighted by molar-refractivity contribution is -0.117. The van der Waals surface area contributed by atoms with Crippen LogP contribution in [0.5, 0.6) is 0 Å². The van der Waals surface area contributed by atoms with Crippen LogP contribution in [-0.2, 0) is 9.53 Å². The van der Waals surface area contributed by atoms with E-state index in [1.807, 2.05) is 43.3 Å². The van der Waals surface area contributed by atoms with Gasteiger partial charge < -0.3 is 10.1 Å². The first-order valence-corrected chi connectivity index (χ1v) is 7.33. The SMILES string of the molecule is CCCCOCCCNC(=O)C(C)=Cc1ccccc1. The maximum Gasteiger partial charge on any atom is 0.246 e. The van der Waals surface area contributed by atoms with E-state index in [-0.39, 0.29) is 5.91 Å². The highest BCUT2D eigenvalue weighted by Gasteiger charge is 2.02. The van der Waals surface area contributed by atoms with Crippen LogP contribution in [0.25, 0.3) is 6.08 Å². The third kappa shape index (κ3) is 7.10. The number of unbranched alkanes of at least 4 members (excludes halogenated alkanes) is 1. The zero-order valence-corrected chi connectivity index (χ0v) is 12.5.